The minimum Gasteiger partial charge on any atom is -0.311 e. The van der Waals surface area contributed by atoms with Crippen LogP contribution in [0.5, 0.6) is 0 Å². The third-order valence-electron chi connectivity index (χ3n) is 1.28. The lowest BCUT2D eigenvalue weighted by Gasteiger charge is -1.94. The predicted octanol–water partition coefficient (Wildman–Crippen LogP) is 0.408. The van der Waals surface area contributed by atoms with Crippen molar-refractivity contribution in [1.29, 1.82) is 0 Å². The third-order valence-corrected chi connectivity index (χ3v) is 1.28. The van der Waals surface area contributed by atoms with Crippen LogP contribution in [0.25, 0.3) is 0 Å². The van der Waals surface area contributed by atoms with Crippen LogP contribution in [0, 0.1) is 6.92 Å². The highest BCUT2D eigenvalue weighted by molar-refractivity contribution is 4.95. The summed E-state index contributed by atoms with van der Waals surface area (Å²) in [4.78, 5) is 24.1. The van der Waals surface area contributed by atoms with E-state index in [4.69, 9.17) is 0 Å². The number of nitrogens with one attached hydrogen (secondary N) is 1. The van der Waals surface area contributed by atoms with E-state index in [1.807, 2.05) is 13.8 Å². The molecule has 0 atom stereocenters. The van der Waals surface area contributed by atoms with E-state index in [9.17, 15) is 9.59 Å². The van der Waals surface area contributed by atoms with Gasteiger partial charge in [-0.15, -0.1) is 0 Å². The molecule has 0 saturated carbocycles. The summed E-state index contributed by atoms with van der Waals surface area (Å²) in [5.41, 5.74) is -0.0562. The van der Waals surface area contributed by atoms with Crippen molar-refractivity contribution in [3.63, 3.8) is 0 Å². The molecule has 1 aromatic heterocycles. The first-order valence-corrected chi connectivity index (χ1v) is 3.88. The summed E-state index contributed by atoms with van der Waals surface area (Å²) in [6, 6.07) is 1.38. The van der Waals surface area contributed by atoms with E-state index >= 15 is 0 Å². The molecule has 0 unspecified atom stereocenters. The van der Waals surface area contributed by atoms with Crippen molar-refractivity contribution in [2.45, 2.75) is 20.8 Å². The first kappa shape index (κ1) is 10.7. The summed E-state index contributed by atoms with van der Waals surface area (Å²) in [7, 11) is 1.43. The zero-order valence-electron chi connectivity index (χ0n) is 7.84. The van der Waals surface area contributed by atoms with Gasteiger partial charge < -0.3 is 4.98 Å². The van der Waals surface area contributed by atoms with E-state index < -0.39 is 0 Å². The van der Waals surface area contributed by atoms with Crippen molar-refractivity contribution >= 4 is 0 Å². The van der Waals surface area contributed by atoms with Crippen molar-refractivity contribution < 1.29 is 0 Å². The predicted molar refractivity (Wildman–Crippen MR) is 48.4 cm³/mol. The van der Waals surface area contributed by atoms with E-state index in [0.717, 1.165) is 4.57 Å². The quantitative estimate of drug-likeness (QED) is 0.613. The highest BCUT2D eigenvalue weighted by Gasteiger charge is 1.93. The molecule has 0 spiro atoms. The van der Waals surface area contributed by atoms with Crippen LogP contribution in [0.3, 0.4) is 0 Å². The molecule has 4 heteroatoms. The van der Waals surface area contributed by atoms with Gasteiger partial charge in [0.1, 0.15) is 0 Å². The summed E-state index contributed by atoms with van der Waals surface area (Å²) in [6.07, 6.45) is 0. The van der Waals surface area contributed by atoms with Crippen molar-refractivity contribution in [2.75, 3.05) is 0 Å². The molecule has 0 amide bonds. The molecule has 4 nitrogen and oxygen atoms in total. The Morgan fingerprint density at radius 2 is 1.83 bits per heavy atom. The molecule has 0 aliphatic heterocycles. The highest BCUT2D eigenvalue weighted by Crippen LogP contribution is 1.75. The van der Waals surface area contributed by atoms with Gasteiger partial charge in [-0.3, -0.25) is 9.36 Å². The molecule has 1 aromatic rings. The molecule has 1 heterocycles. The van der Waals surface area contributed by atoms with Crippen LogP contribution >= 0.6 is 0 Å². The molecule has 0 radical (unpaired) electrons. The zero-order valence-corrected chi connectivity index (χ0v) is 7.84. The largest absolute Gasteiger partial charge is 0.328 e. The number of hydrogen-bond donors (Lipinski definition) is 1. The van der Waals surface area contributed by atoms with Crippen LogP contribution in [-0.2, 0) is 7.05 Å². The summed E-state index contributed by atoms with van der Waals surface area (Å²) in [5.74, 6) is 0. The molecular weight excluding hydrogens is 156 g/mol. The average molecular weight is 170 g/mol. The second-order valence-electron chi connectivity index (χ2n) is 2.15. The van der Waals surface area contributed by atoms with Gasteiger partial charge in [0, 0.05) is 18.8 Å². The molecule has 0 bridgehead atoms. The first-order valence-electron chi connectivity index (χ1n) is 3.88. The van der Waals surface area contributed by atoms with Crippen LogP contribution < -0.4 is 11.2 Å². The fraction of sp³-hybridized carbons (Fsp3) is 0.500. The van der Waals surface area contributed by atoms with Gasteiger partial charge in [0.05, 0.1) is 0 Å². The molecular formula is C8H14N2O2. The Morgan fingerprint density at radius 3 is 2.25 bits per heavy atom. The standard InChI is InChI=1S/C6H8N2O2.C2H6/c1-4-3-5(9)8(2)6(10)7-4;1-2/h3H,1-2H3,(H,7,10);1-2H3. The Hall–Kier alpha value is -1.32. The van der Waals surface area contributed by atoms with Crippen LogP contribution in [0.1, 0.15) is 19.5 Å². The molecule has 0 aromatic carbocycles. The summed E-state index contributed by atoms with van der Waals surface area (Å²) >= 11 is 0. The van der Waals surface area contributed by atoms with Gasteiger partial charge in [-0.2, -0.15) is 0 Å². The fourth-order valence-electron chi connectivity index (χ4n) is 0.671. The van der Waals surface area contributed by atoms with Crippen molar-refractivity contribution in [3.05, 3.63) is 32.6 Å². The normalized spacial score (nSPS) is 8.67. The summed E-state index contributed by atoms with van der Waals surface area (Å²) < 4.78 is 1.02. The van der Waals surface area contributed by atoms with E-state index in [0.29, 0.717) is 5.69 Å². The van der Waals surface area contributed by atoms with Gasteiger partial charge in [-0.05, 0) is 6.92 Å². The third kappa shape index (κ3) is 2.38. The van der Waals surface area contributed by atoms with Gasteiger partial charge in [-0.1, -0.05) is 13.8 Å². The van der Waals surface area contributed by atoms with Gasteiger partial charge in [0.25, 0.3) is 5.56 Å². The van der Waals surface area contributed by atoms with E-state index in [2.05, 4.69) is 4.98 Å². The maximum Gasteiger partial charge on any atom is 0.328 e. The molecule has 0 aliphatic rings. The molecule has 0 fully saturated rings. The van der Waals surface area contributed by atoms with Crippen LogP contribution in [0.4, 0.5) is 0 Å². The number of aromatic amines is 1. The summed E-state index contributed by atoms with van der Waals surface area (Å²) in [6.45, 7) is 5.67. The average Bonchev–Trinajstić information content (AvgIpc) is 2.04. The zero-order chi connectivity index (χ0) is 9.72. The van der Waals surface area contributed by atoms with E-state index in [1.165, 1.54) is 13.1 Å². The molecule has 1 rings (SSSR count). The van der Waals surface area contributed by atoms with Gasteiger partial charge >= 0.3 is 5.69 Å². The molecule has 12 heavy (non-hydrogen) atoms. The Bertz CT molecular complexity index is 318. The van der Waals surface area contributed by atoms with Crippen LogP contribution in [0.2, 0.25) is 0 Å². The number of aryl methyl sites for hydroxylation is 1. The number of rotatable bonds is 0. The van der Waals surface area contributed by atoms with Crippen molar-refractivity contribution in [3.8, 4) is 0 Å². The molecule has 68 valence electrons. The minimum absolute atomic E-state index is 0.277. The van der Waals surface area contributed by atoms with E-state index in [-0.39, 0.29) is 11.2 Å². The van der Waals surface area contributed by atoms with Gasteiger partial charge in [0.15, 0.2) is 0 Å². The minimum atomic E-state index is -0.370. The van der Waals surface area contributed by atoms with Crippen LogP contribution in [-0.4, -0.2) is 9.55 Å². The lowest BCUT2D eigenvalue weighted by Crippen LogP contribution is -2.32. The number of hydrogen-bond acceptors (Lipinski definition) is 2. The number of H-pyrrole nitrogens is 1. The van der Waals surface area contributed by atoms with Gasteiger partial charge in [0.2, 0.25) is 0 Å². The lowest BCUT2D eigenvalue weighted by atomic mass is 10.4. The van der Waals surface area contributed by atoms with Gasteiger partial charge in [-0.25, -0.2) is 4.79 Å². The molecule has 0 aliphatic carbocycles. The Labute approximate surface area is 70.9 Å². The highest BCUT2D eigenvalue weighted by atomic mass is 16.2. The topological polar surface area (TPSA) is 54.9 Å². The second-order valence-corrected chi connectivity index (χ2v) is 2.15. The van der Waals surface area contributed by atoms with Crippen LogP contribution in [0.15, 0.2) is 15.7 Å². The molecule has 0 saturated heterocycles. The Morgan fingerprint density at radius 1 is 1.33 bits per heavy atom. The van der Waals surface area contributed by atoms with Crippen molar-refractivity contribution in [2.24, 2.45) is 7.05 Å². The Kier molecular flexibility index (Phi) is 4.04. The maximum atomic E-state index is 10.8. The smallest absolute Gasteiger partial charge is 0.311 e. The lowest BCUT2D eigenvalue weighted by molar-refractivity contribution is 0.765. The van der Waals surface area contributed by atoms with E-state index in [1.54, 1.807) is 6.92 Å². The first-order chi connectivity index (χ1) is 5.61. The van der Waals surface area contributed by atoms with Crippen molar-refractivity contribution in [1.82, 2.24) is 9.55 Å². The molecule has 1 N–H and O–H groups in total. The fourth-order valence-corrected chi connectivity index (χ4v) is 0.671. The SMILES string of the molecule is CC.Cc1cc(=O)n(C)c(=O)[nH]1. The second kappa shape index (κ2) is 4.54. The maximum absolute atomic E-state index is 10.8. The number of aromatic nitrogens is 2. The monoisotopic (exact) mass is 170 g/mol. The Balaban J connectivity index is 0.000000561. The number of nitrogens with zero attached hydrogens (tertiary/aromatic N) is 1. The summed E-state index contributed by atoms with van der Waals surface area (Å²) in [5, 5.41) is 0.